The summed E-state index contributed by atoms with van der Waals surface area (Å²) in [6, 6.07) is 0. The van der Waals surface area contributed by atoms with Gasteiger partial charge in [-0.3, -0.25) is 4.79 Å². The van der Waals surface area contributed by atoms with E-state index in [0.717, 1.165) is 13.0 Å². The second-order valence-electron chi connectivity index (χ2n) is 3.49. The Morgan fingerprint density at radius 2 is 2.08 bits per heavy atom. The summed E-state index contributed by atoms with van der Waals surface area (Å²) < 4.78 is 0.156. The van der Waals surface area contributed by atoms with Crippen LogP contribution >= 0.6 is 11.8 Å². The third-order valence-corrected chi connectivity index (χ3v) is 2.99. The number of nitrogens with one attached hydrogen (secondary N) is 1. The number of hydrogen-bond donors (Lipinski definition) is 1. The van der Waals surface area contributed by atoms with Crippen LogP contribution in [-0.4, -0.2) is 23.5 Å². The molecule has 0 aliphatic carbocycles. The van der Waals surface area contributed by atoms with E-state index in [4.69, 9.17) is 0 Å². The lowest BCUT2D eigenvalue weighted by atomic mass is 10.2. The molecule has 0 aliphatic rings. The van der Waals surface area contributed by atoms with Crippen molar-refractivity contribution < 1.29 is 4.79 Å². The molecule has 0 fully saturated rings. The number of amides is 1. The van der Waals surface area contributed by atoms with Crippen molar-refractivity contribution in [3.8, 4) is 0 Å². The molecule has 1 N–H and O–H groups in total. The lowest BCUT2D eigenvalue weighted by Gasteiger charge is -2.22. The van der Waals surface area contributed by atoms with Crippen LogP contribution in [0.4, 0.5) is 0 Å². The third kappa shape index (κ3) is 5.47. The molecule has 0 spiro atoms. The van der Waals surface area contributed by atoms with Gasteiger partial charge in [0.05, 0.1) is 0 Å². The Bertz CT molecular complexity index is 145. The first-order chi connectivity index (χ1) is 5.52. The largest absolute Gasteiger partial charge is 0.355 e. The fraction of sp³-hybridized carbons (Fsp3) is 0.889. The Morgan fingerprint density at radius 1 is 1.50 bits per heavy atom. The summed E-state index contributed by atoms with van der Waals surface area (Å²) in [6.07, 6.45) is 3.63. The number of hydrogen-bond acceptors (Lipinski definition) is 2. The van der Waals surface area contributed by atoms with E-state index < -0.39 is 0 Å². The van der Waals surface area contributed by atoms with Gasteiger partial charge in [-0.2, -0.15) is 11.8 Å². The average molecular weight is 189 g/mol. The molecule has 1 amide bonds. The summed E-state index contributed by atoms with van der Waals surface area (Å²) in [7, 11) is 0. The van der Waals surface area contributed by atoms with E-state index in [1.54, 1.807) is 11.8 Å². The SMILES string of the molecule is CCCC(=O)NCC(C)(C)SC. The van der Waals surface area contributed by atoms with Gasteiger partial charge in [0.25, 0.3) is 0 Å². The van der Waals surface area contributed by atoms with Gasteiger partial charge in [0.15, 0.2) is 0 Å². The Labute approximate surface area is 79.5 Å². The molecule has 0 radical (unpaired) electrons. The molecule has 2 nitrogen and oxygen atoms in total. The maximum absolute atomic E-state index is 11.1. The molecular weight excluding hydrogens is 170 g/mol. The topological polar surface area (TPSA) is 29.1 Å². The molecule has 0 saturated heterocycles. The van der Waals surface area contributed by atoms with Gasteiger partial charge in [0.2, 0.25) is 5.91 Å². The molecule has 72 valence electrons. The highest BCUT2D eigenvalue weighted by Gasteiger charge is 2.16. The molecule has 0 rings (SSSR count). The van der Waals surface area contributed by atoms with Crippen LogP contribution in [0.2, 0.25) is 0 Å². The van der Waals surface area contributed by atoms with Crippen molar-refractivity contribution >= 4 is 17.7 Å². The number of thioether (sulfide) groups is 1. The van der Waals surface area contributed by atoms with Crippen molar-refractivity contribution in [1.82, 2.24) is 5.32 Å². The quantitative estimate of drug-likeness (QED) is 0.717. The first kappa shape index (κ1) is 11.8. The Morgan fingerprint density at radius 3 is 2.50 bits per heavy atom. The molecule has 0 aromatic heterocycles. The van der Waals surface area contributed by atoms with Crippen LogP contribution in [0.25, 0.3) is 0 Å². The predicted molar refractivity (Wildman–Crippen MR) is 55.5 cm³/mol. The molecular formula is C9H19NOS. The van der Waals surface area contributed by atoms with Crippen LogP contribution in [0.5, 0.6) is 0 Å². The van der Waals surface area contributed by atoms with E-state index in [1.165, 1.54) is 0 Å². The van der Waals surface area contributed by atoms with Crippen molar-refractivity contribution in [3.63, 3.8) is 0 Å². The number of rotatable bonds is 5. The van der Waals surface area contributed by atoms with E-state index in [1.807, 2.05) is 6.92 Å². The Hall–Kier alpha value is -0.180. The maximum Gasteiger partial charge on any atom is 0.220 e. The highest BCUT2D eigenvalue weighted by Crippen LogP contribution is 2.19. The van der Waals surface area contributed by atoms with Gasteiger partial charge >= 0.3 is 0 Å². The third-order valence-electron chi connectivity index (χ3n) is 1.74. The van der Waals surface area contributed by atoms with E-state index in [2.05, 4.69) is 25.4 Å². The van der Waals surface area contributed by atoms with Gasteiger partial charge in [0, 0.05) is 17.7 Å². The Balaban J connectivity index is 3.60. The normalized spacial score (nSPS) is 11.3. The first-order valence-corrected chi connectivity index (χ1v) is 5.56. The average Bonchev–Trinajstić information content (AvgIpc) is 2.02. The summed E-state index contributed by atoms with van der Waals surface area (Å²) in [6.45, 7) is 7.03. The van der Waals surface area contributed by atoms with Crippen molar-refractivity contribution in [2.45, 2.75) is 38.4 Å². The smallest absolute Gasteiger partial charge is 0.220 e. The lowest BCUT2D eigenvalue weighted by molar-refractivity contribution is -0.121. The van der Waals surface area contributed by atoms with Crippen LogP contribution < -0.4 is 5.32 Å². The van der Waals surface area contributed by atoms with Crippen LogP contribution in [0.15, 0.2) is 0 Å². The minimum atomic E-state index is 0.156. The molecule has 3 heteroatoms. The monoisotopic (exact) mass is 189 g/mol. The highest BCUT2D eigenvalue weighted by molar-refractivity contribution is 7.99. The van der Waals surface area contributed by atoms with Gasteiger partial charge in [0.1, 0.15) is 0 Å². The molecule has 0 aliphatic heterocycles. The van der Waals surface area contributed by atoms with Crippen molar-refractivity contribution in [1.29, 1.82) is 0 Å². The summed E-state index contributed by atoms with van der Waals surface area (Å²) in [4.78, 5) is 11.1. The number of carbonyl (C=O) groups is 1. The standard InChI is InChI=1S/C9H19NOS/c1-5-6-8(11)10-7-9(2,3)12-4/h5-7H2,1-4H3,(H,10,11). The van der Waals surface area contributed by atoms with Crippen LogP contribution in [0.1, 0.15) is 33.6 Å². The number of carbonyl (C=O) groups excluding carboxylic acids is 1. The maximum atomic E-state index is 11.1. The fourth-order valence-electron chi connectivity index (χ4n) is 0.699. The fourth-order valence-corrected chi connectivity index (χ4v) is 0.916. The molecule has 0 unspecified atom stereocenters. The molecule has 0 atom stereocenters. The summed E-state index contributed by atoms with van der Waals surface area (Å²) in [5.74, 6) is 0.166. The summed E-state index contributed by atoms with van der Waals surface area (Å²) in [5, 5.41) is 2.92. The zero-order valence-electron chi connectivity index (χ0n) is 8.44. The summed E-state index contributed by atoms with van der Waals surface area (Å²) in [5.41, 5.74) is 0. The molecule has 0 bridgehead atoms. The van der Waals surface area contributed by atoms with E-state index in [-0.39, 0.29) is 10.7 Å². The molecule has 0 saturated carbocycles. The van der Waals surface area contributed by atoms with Crippen molar-refractivity contribution in [2.75, 3.05) is 12.8 Å². The van der Waals surface area contributed by atoms with Crippen LogP contribution in [-0.2, 0) is 4.79 Å². The molecule has 0 aromatic rings. The Kier molecular flexibility index (Phi) is 5.38. The predicted octanol–water partition coefficient (Wildman–Crippen LogP) is 2.04. The molecule has 0 aromatic carbocycles. The second kappa shape index (κ2) is 5.46. The van der Waals surface area contributed by atoms with Gasteiger partial charge in [-0.05, 0) is 26.5 Å². The second-order valence-corrected chi connectivity index (χ2v) is 5.00. The van der Waals surface area contributed by atoms with Gasteiger partial charge < -0.3 is 5.32 Å². The van der Waals surface area contributed by atoms with Crippen LogP contribution in [0, 0.1) is 0 Å². The lowest BCUT2D eigenvalue weighted by Crippen LogP contribution is -2.35. The van der Waals surface area contributed by atoms with E-state index in [0.29, 0.717) is 6.42 Å². The molecule has 0 heterocycles. The van der Waals surface area contributed by atoms with Gasteiger partial charge in [-0.1, -0.05) is 6.92 Å². The molecule has 12 heavy (non-hydrogen) atoms. The zero-order chi connectivity index (χ0) is 9.61. The van der Waals surface area contributed by atoms with Gasteiger partial charge in [-0.25, -0.2) is 0 Å². The summed E-state index contributed by atoms with van der Waals surface area (Å²) >= 11 is 1.77. The minimum Gasteiger partial charge on any atom is -0.355 e. The highest BCUT2D eigenvalue weighted by atomic mass is 32.2. The zero-order valence-corrected chi connectivity index (χ0v) is 9.25. The van der Waals surface area contributed by atoms with E-state index >= 15 is 0 Å². The van der Waals surface area contributed by atoms with E-state index in [9.17, 15) is 4.79 Å². The van der Waals surface area contributed by atoms with Crippen molar-refractivity contribution in [3.05, 3.63) is 0 Å². The van der Waals surface area contributed by atoms with Gasteiger partial charge in [-0.15, -0.1) is 0 Å². The van der Waals surface area contributed by atoms with Crippen molar-refractivity contribution in [2.24, 2.45) is 0 Å². The van der Waals surface area contributed by atoms with Crippen LogP contribution in [0.3, 0.4) is 0 Å². The first-order valence-electron chi connectivity index (χ1n) is 4.33. The minimum absolute atomic E-state index is 0.156.